The standard InChI is InChI=1S/C33H34ClN5O3.C5H6.Fe/c34-27-11-14-30-31(16-17-35-32(30)22-27)36-18-21-41-24-28-23-39(38-37-28)19-4-1-5-20-42-29-12-9-26(10-13-29)33(40)15-8-25-6-2-3-7-25;1-2-4-5-3-1;/h2,6-17,22-23H,1,3-5,18-21,24H2,(H,35,36);1-4H,5H2;/q;;+2/b15-8+;;. The van der Waals surface area contributed by atoms with Crippen molar-refractivity contribution in [3.63, 3.8) is 0 Å². The van der Waals surface area contributed by atoms with Crippen molar-refractivity contribution >= 4 is 34.0 Å². The van der Waals surface area contributed by atoms with Crippen molar-refractivity contribution in [1.29, 1.82) is 0 Å². The Morgan fingerprint density at radius 3 is 2.60 bits per heavy atom. The first-order valence-corrected chi connectivity index (χ1v) is 16.4. The average molecular weight is 706 g/mol. The normalized spacial score (nSPS) is 13.0. The molecule has 248 valence electrons. The molecule has 8 nitrogen and oxygen atoms in total. The first kappa shape index (κ1) is 36.6. The minimum Gasteiger partial charge on any atom is -0.494 e. The molecule has 0 amide bonds. The maximum absolute atomic E-state index is 12.3. The summed E-state index contributed by atoms with van der Waals surface area (Å²) in [4.78, 5) is 16.7. The number of benzene rings is 2. The second kappa shape index (κ2) is 20.2. The number of carbonyl (C=O) groups excluding carboxylic acids is 1. The predicted molar refractivity (Wildman–Crippen MR) is 189 cm³/mol. The van der Waals surface area contributed by atoms with Crippen LogP contribution in [-0.4, -0.2) is 45.5 Å². The summed E-state index contributed by atoms with van der Waals surface area (Å²) in [5, 5.41) is 13.5. The van der Waals surface area contributed by atoms with E-state index >= 15 is 0 Å². The Kier molecular flexibility index (Phi) is 15.4. The number of hydrogen-bond acceptors (Lipinski definition) is 7. The van der Waals surface area contributed by atoms with Gasteiger partial charge in [0.15, 0.2) is 5.78 Å². The zero-order valence-corrected chi connectivity index (χ0v) is 28.6. The molecule has 0 bridgehead atoms. The van der Waals surface area contributed by atoms with E-state index in [-0.39, 0.29) is 22.9 Å². The first-order chi connectivity index (χ1) is 23.1. The van der Waals surface area contributed by atoms with E-state index in [2.05, 4.69) is 57.1 Å². The van der Waals surface area contributed by atoms with Crippen molar-refractivity contribution in [3.05, 3.63) is 137 Å². The number of nitrogens with zero attached hydrogens (tertiary/aromatic N) is 4. The van der Waals surface area contributed by atoms with Crippen molar-refractivity contribution in [1.82, 2.24) is 20.0 Å². The number of ketones is 1. The van der Waals surface area contributed by atoms with E-state index in [1.807, 2.05) is 71.6 Å². The molecule has 0 aliphatic heterocycles. The van der Waals surface area contributed by atoms with Crippen LogP contribution in [-0.2, 0) is 35.0 Å². The van der Waals surface area contributed by atoms with Crippen LogP contribution < -0.4 is 10.1 Å². The van der Waals surface area contributed by atoms with Crippen molar-refractivity contribution in [2.45, 2.75) is 45.3 Å². The van der Waals surface area contributed by atoms with Crippen LogP contribution >= 0.6 is 11.6 Å². The fraction of sp³-hybridized carbons (Fsp3) is 0.263. The van der Waals surface area contributed by atoms with Gasteiger partial charge < -0.3 is 14.8 Å². The van der Waals surface area contributed by atoms with Gasteiger partial charge in [0, 0.05) is 40.9 Å². The van der Waals surface area contributed by atoms with Gasteiger partial charge in [0.1, 0.15) is 11.4 Å². The molecular weight excluding hydrogens is 666 g/mol. The number of carbonyl (C=O) groups is 1. The Balaban J connectivity index is 0.000000794. The van der Waals surface area contributed by atoms with Gasteiger partial charge in [-0.2, -0.15) is 0 Å². The Morgan fingerprint density at radius 2 is 1.83 bits per heavy atom. The van der Waals surface area contributed by atoms with Crippen LogP contribution in [0.25, 0.3) is 10.9 Å². The number of pyridine rings is 1. The molecule has 10 heteroatoms. The van der Waals surface area contributed by atoms with Gasteiger partial charge in [-0.05, 0) is 92.3 Å². The quantitative estimate of drug-likeness (QED) is 0.0541. The zero-order chi connectivity index (χ0) is 32.5. The number of nitrogens with one attached hydrogen (secondary N) is 1. The van der Waals surface area contributed by atoms with Gasteiger partial charge in [-0.25, -0.2) is 0 Å². The van der Waals surface area contributed by atoms with Crippen LogP contribution in [0, 0.1) is 0 Å². The van der Waals surface area contributed by atoms with Gasteiger partial charge in [0.2, 0.25) is 0 Å². The molecule has 0 saturated carbocycles. The van der Waals surface area contributed by atoms with Crippen molar-refractivity contribution in [3.8, 4) is 5.75 Å². The van der Waals surface area contributed by atoms with E-state index in [4.69, 9.17) is 21.1 Å². The summed E-state index contributed by atoms with van der Waals surface area (Å²) in [7, 11) is 0. The Labute approximate surface area is 297 Å². The number of unbranched alkanes of at least 4 members (excludes halogenated alkanes) is 2. The average Bonchev–Trinajstić information content (AvgIpc) is 3.91. The molecule has 0 atom stereocenters. The zero-order valence-electron chi connectivity index (χ0n) is 26.8. The van der Waals surface area contributed by atoms with E-state index in [1.165, 1.54) is 0 Å². The molecule has 0 spiro atoms. The molecule has 0 unspecified atom stereocenters. The molecular formula is C38H40ClFeN5O3+2. The van der Waals surface area contributed by atoms with E-state index in [1.54, 1.807) is 12.3 Å². The molecule has 6 rings (SSSR count). The number of fused-ring (bicyclic) bond motifs is 1. The number of anilines is 1. The third kappa shape index (κ3) is 12.1. The molecule has 1 N–H and O–H groups in total. The second-order valence-electron chi connectivity index (χ2n) is 11.0. The summed E-state index contributed by atoms with van der Waals surface area (Å²) >= 11 is 6.07. The largest absolute Gasteiger partial charge is 2.00 e. The monoisotopic (exact) mass is 705 g/mol. The molecule has 2 aliphatic carbocycles. The third-order valence-corrected chi connectivity index (χ3v) is 7.66. The fourth-order valence-corrected chi connectivity index (χ4v) is 5.11. The third-order valence-electron chi connectivity index (χ3n) is 7.42. The van der Waals surface area contributed by atoms with Gasteiger partial charge in [-0.1, -0.05) is 65.4 Å². The van der Waals surface area contributed by atoms with Crippen LogP contribution in [0.1, 0.15) is 48.2 Å². The van der Waals surface area contributed by atoms with Crippen LogP contribution in [0.3, 0.4) is 0 Å². The maximum Gasteiger partial charge on any atom is 2.00 e. The number of aryl methyl sites for hydroxylation is 1. The van der Waals surface area contributed by atoms with Crippen molar-refractivity contribution in [2.24, 2.45) is 0 Å². The van der Waals surface area contributed by atoms with Crippen LogP contribution in [0.5, 0.6) is 5.75 Å². The number of rotatable bonds is 16. The van der Waals surface area contributed by atoms with Crippen LogP contribution in [0.4, 0.5) is 5.69 Å². The van der Waals surface area contributed by atoms with E-state index in [9.17, 15) is 4.79 Å². The van der Waals surface area contributed by atoms with Crippen molar-refractivity contribution in [2.75, 3.05) is 25.1 Å². The SMILES string of the molecule is C1=CCC=C1.O=C(/C=C/C1=CCC=C1)c1ccc(OCCCCCn2cc(COCCNc3ccnc4cc(Cl)ccc34)nn2)cc1.[Fe+2]. The Morgan fingerprint density at radius 1 is 0.979 bits per heavy atom. The Bertz CT molecular complexity index is 1750. The summed E-state index contributed by atoms with van der Waals surface area (Å²) in [5.41, 5.74) is 4.40. The van der Waals surface area contributed by atoms with Crippen LogP contribution in [0.15, 0.2) is 121 Å². The molecule has 0 radical (unpaired) electrons. The number of hydrogen-bond donors (Lipinski definition) is 1. The summed E-state index contributed by atoms with van der Waals surface area (Å²) in [5.74, 6) is 0.760. The van der Waals surface area contributed by atoms with Gasteiger partial charge in [0.05, 0.1) is 31.5 Å². The summed E-state index contributed by atoms with van der Waals surface area (Å²) in [6, 6.07) is 14.9. The topological polar surface area (TPSA) is 91.2 Å². The summed E-state index contributed by atoms with van der Waals surface area (Å²) in [6.07, 6.45) is 26.7. The number of allylic oxidation sites excluding steroid dienone is 10. The predicted octanol–water partition coefficient (Wildman–Crippen LogP) is 8.48. The maximum atomic E-state index is 12.3. The number of ether oxygens (including phenoxy) is 2. The first-order valence-electron chi connectivity index (χ1n) is 16.0. The van der Waals surface area contributed by atoms with E-state index in [0.29, 0.717) is 37.0 Å². The molecule has 0 saturated heterocycles. The number of aromatic nitrogens is 4. The van der Waals surface area contributed by atoms with E-state index in [0.717, 1.165) is 72.3 Å². The van der Waals surface area contributed by atoms with E-state index < -0.39 is 0 Å². The number of halogens is 1. The Hall–Kier alpha value is -4.27. The van der Waals surface area contributed by atoms with Gasteiger partial charge >= 0.3 is 17.1 Å². The van der Waals surface area contributed by atoms with Gasteiger partial charge in [-0.15, -0.1) is 5.10 Å². The fourth-order valence-electron chi connectivity index (χ4n) is 4.94. The molecule has 4 aromatic rings. The minimum absolute atomic E-state index is 0. The van der Waals surface area contributed by atoms with Crippen molar-refractivity contribution < 1.29 is 31.3 Å². The smallest absolute Gasteiger partial charge is 0.494 e. The van der Waals surface area contributed by atoms with Gasteiger partial charge in [-0.3, -0.25) is 14.5 Å². The summed E-state index contributed by atoms with van der Waals surface area (Å²) in [6.45, 7) is 3.04. The summed E-state index contributed by atoms with van der Waals surface area (Å²) < 4.78 is 13.5. The second-order valence-corrected chi connectivity index (χ2v) is 11.5. The minimum atomic E-state index is -0.0103. The molecule has 2 aromatic heterocycles. The molecule has 2 aromatic carbocycles. The van der Waals surface area contributed by atoms with Gasteiger partial charge in [0.25, 0.3) is 0 Å². The molecule has 0 fully saturated rings. The molecule has 48 heavy (non-hydrogen) atoms. The molecule has 2 heterocycles. The van der Waals surface area contributed by atoms with Crippen LogP contribution in [0.2, 0.25) is 5.02 Å². The molecule has 2 aliphatic rings.